The minimum absolute atomic E-state index is 0.0903. The first-order valence-corrected chi connectivity index (χ1v) is 14.2. The van der Waals surface area contributed by atoms with Crippen LogP contribution in [0.4, 0.5) is 10.1 Å². The molecule has 8 nitrogen and oxygen atoms in total. The number of thiazole rings is 1. The lowest BCUT2D eigenvalue weighted by Crippen LogP contribution is -2.36. The third-order valence-electron chi connectivity index (χ3n) is 5.87. The van der Waals surface area contributed by atoms with Gasteiger partial charge in [0.2, 0.25) is 5.75 Å². The zero-order valence-electron chi connectivity index (χ0n) is 19.2. The molecule has 1 fully saturated rings. The molecule has 0 spiro atoms. The van der Waals surface area contributed by atoms with Gasteiger partial charge in [-0.05, 0) is 39.7 Å². The Morgan fingerprint density at radius 1 is 1.28 bits per heavy atom. The number of nitrogens with zero attached hydrogens (tertiary/aromatic N) is 4. The van der Waals surface area contributed by atoms with Crippen molar-refractivity contribution in [3.63, 3.8) is 0 Å². The molecular formula is C24H22BrFN4O4S2. The van der Waals surface area contributed by atoms with Gasteiger partial charge in [0.25, 0.3) is 0 Å². The van der Waals surface area contributed by atoms with Crippen LogP contribution in [0.25, 0.3) is 16.3 Å². The topological polar surface area (TPSA) is 97.0 Å². The van der Waals surface area contributed by atoms with Crippen molar-refractivity contribution in [3.05, 3.63) is 67.7 Å². The van der Waals surface area contributed by atoms with Crippen LogP contribution in [0, 0.1) is 5.82 Å². The number of anilines is 1. The van der Waals surface area contributed by atoms with Gasteiger partial charge in [-0.3, -0.25) is 13.4 Å². The molecule has 36 heavy (non-hydrogen) atoms. The number of benzene rings is 1. The summed E-state index contributed by atoms with van der Waals surface area (Å²) in [5.74, 6) is -0.548. The quantitative estimate of drug-likeness (QED) is 0.361. The summed E-state index contributed by atoms with van der Waals surface area (Å²) in [6.45, 7) is 4.39. The van der Waals surface area contributed by atoms with Crippen LogP contribution in [0.1, 0.15) is 17.4 Å². The van der Waals surface area contributed by atoms with E-state index in [2.05, 4.69) is 30.8 Å². The molecule has 12 heteroatoms. The molecule has 0 bridgehead atoms. The highest BCUT2D eigenvalue weighted by Crippen LogP contribution is 2.33. The maximum atomic E-state index is 13.8. The smallest absolute Gasteiger partial charge is 0.300 e. The molecule has 0 saturated carbocycles. The van der Waals surface area contributed by atoms with Gasteiger partial charge in [-0.15, -0.1) is 11.3 Å². The van der Waals surface area contributed by atoms with Gasteiger partial charge in [0.15, 0.2) is 5.65 Å². The van der Waals surface area contributed by atoms with Crippen molar-refractivity contribution in [2.45, 2.75) is 18.2 Å². The Morgan fingerprint density at radius 3 is 2.81 bits per heavy atom. The van der Waals surface area contributed by atoms with Crippen LogP contribution in [-0.4, -0.2) is 55.7 Å². The Kier molecular flexibility index (Phi) is 7.20. The number of pyridine rings is 1. The van der Waals surface area contributed by atoms with Crippen molar-refractivity contribution in [3.8, 4) is 16.5 Å². The van der Waals surface area contributed by atoms with Gasteiger partial charge in [-0.2, -0.15) is 0 Å². The Balaban J connectivity index is 1.51. The molecule has 0 aliphatic carbocycles. The van der Waals surface area contributed by atoms with E-state index in [0.29, 0.717) is 58.5 Å². The molecule has 1 aromatic carbocycles. The molecule has 1 aliphatic rings. The number of halogens is 2. The average molecular weight is 594 g/mol. The molecule has 1 atom stereocenters. The number of fused-ring (bicyclic) bond motifs is 1. The lowest BCUT2D eigenvalue weighted by Gasteiger charge is -2.29. The summed E-state index contributed by atoms with van der Waals surface area (Å²) in [4.78, 5) is 25.4. The Labute approximate surface area is 221 Å². The standard InChI is InChI=1S/C24H22BrFN4O4S2/c1-2-36(33)19-10-15(26)4-3-14(19)9-17-12-27-23(35-17)20-21(31)24(32)30-13-16(11-18(25)22(30)28-20)29-5-7-34-8-6-29/h3-4,10-13,31H,2,5-9H2,1H3. The molecule has 1 N–H and O–H groups in total. The average Bonchev–Trinajstić information content (AvgIpc) is 3.35. The second-order valence-corrected chi connectivity index (χ2v) is 11.8. The second-order valence-electron chi connectivity index (χ2n) is 8.15. The van der Waals surface area contributed by atoms with Crippen LogP contribution in [0.2, 0.25) is 0 Å². The summed E-state index contributed by atoms with van der Waals surface area (Å²) in [5, 5.41) is 11.1. The van der Waals surface area contributed by atoms with Crippen LogP contribution in [0.15, 0.2) is 50.8 Å². The zero-order chi connectivity index (χ0) is 25.4. The number of rotatable bonds is 6. The lowest BCUT2D eigenvalue weighted by molar-refractivity contribution is 0.122. The molecule has 1 unspecified atom stereocenters. The van der Waals surface area contributed by atoms with E-state index in [4.69, 9.17) is 4.74 Å². The fourth-order valence-corrected chi connectivity index (χ4v) is 6.48. The van der Waals surface area contributed by atoms with E-state index >= 15 is 0 Å². The number of ether oxygens (including phenoxy) is 1. The maximum absolute atomic E-state index is 13.8. The van der Waals surface area contributed by atoms with Crippen molar-refractivity contribution in [1.82, 2.24) is 14.4 Å². The van der Waals surface area contributed by atoms with E-state index in [9.17, 15) is 18.5 Å². The molecular weight excluding hydrogens is 571 g/mol. The lowest BCUT2D eigenvalue weighted by atomic mass is 10.1. The van der Waals surface area contributed by atoms with Crippen molar-refractivity contribution >= 4 is 49.4 Å². The predicted molar refractivity (Wildman–Crippen MR) is 141 cm³/mol. The summed E-state index contributed by atoms with van der Waals surface area (Å²) < 4.78 is 33.5. The normalized spacial score (nSPS) is 14.9. The van der Waals surface area contributed by atoms with Gasteiger partial charge in [-0.1, -0.05) is 13.0 Å². The van der Waals surface area contributed by atoms with Crippen LogP contribution >= 0.6 is 27.3 Å². The Hall–Kier alpha value is -2.67. The largest absolute Gasteiger partial charge is 0.501 e. The first-order valence-electron chi connectivity index (χ1n) is 11.2. The van der Waals surface area contributed by atoms with Crippen molar-refractivity contribution in [2.75, 3.05) is 37.0 Å². The van der Waals surface area contributed by atoms with E-state index in [1.54, 1.807) is 25.4 Å². The van der Waals surface area contributed by atoms with Gasteiger partial charge in [-0.25, -0.2) is 14.4 Å². The van der Waals surface area contributed by atoms with Gasteiger partial charge in [0.05, 0.1) is 34.2 Å². The van der Waals surface area contributed by atoms with Crippen LogP contribution in [-0.2, 0) is 22.0 Å². The minimum atomic E-state index is -1.31. The van der Waals surface area contributed by atoms with Gasteiger partial charge < -0.3 is 14.7 Å². The van der Waals surface area contributed by atoms with Gasteiger partial charge >= 0.3 is 5.56 Å². The first kappa shape index (κ1) is 25.0. The first-order chi connectivity index (χ1) is 17.4. The Morgan fingerprint density at radius 2 is 2.06 bits per heavy atom. The van der Waals surface area contributed by atoms with E-state index in [1.165, 1.54) is 27.9 Å². The fourth-order valence-electron chi connectivity index (χ4n) is 4.05. The highest BCUT2D eigenvalue weighted by molar-refractivity contribution is 9.10. The second kappa shape index (κ2) is 10.4. The molecule has 5 rings (SSSR count). The van der Waals surface area contributed by atoms with E-state index in [0.717, 1.165) is 16.1 Å². The number of morpholine rings is 1. The monoisotopic (exact) mass is 592 g/mol. The third-order valence-corrected chi connectivity index (χ3v) is 8.86. The van der Waals surface area contributed by atoms with Gasteiger partial charge in [0.1, 0.15) is 16.5 Å². The zero-order valence-corrected chi connectivity index (χ0v) is 22.5. The fraction of sp³-hybridized carbons (Fsp3) is 0.292. The van der Waals surface area contributed by atoms with Gasteiger partial charge in [0, 0.05) is 47.4 Å². The number of hydrogen-bond acceptors (Lipinski definition) is 8. The molecule has 188 valence electrons. The van der Waals surface area contributed by atoms with Crippen molar-refractivity contribution in [1.29, 1.82) is 0 Å². The maximum Gasteiger partial charge on any atom is 0.300 e. The number of aromatic hydroxyl groups is 1. The highest BCUT2D eigenvalue weighted by atomic mass is 79.9. The SMILES string of the molecule is CCS(=O)c1cc(F)ccc1Cc1cnc(-c2nc3c(Br)cc(N4CCOCC4)cn3c(=O)c2O)s1. The summed E-state index contributed by atoms with van der Waals surface area (Å²) in [6, 6.07) is 6.16. The Bertz CT molecular complexity index is 1530. The molecule has 4 aromatic rings. The summed E-state index contributed by atoms with van der Waals surface area (Å²) in [6.07, 6.45) is 3.68. The van der Waals surface area contributed by atoms with Crippen molar-refractivity contribution < 1.29 is 18.4 Å². The summed E-state index contributed by atoms with van der Waals surface area (Å²) in [7, 11) is -1.31. The van der Waals surface area contributed by atoms with Crippen molar-refractivity contribution in [2.24, 2.45) is 0 Å². The molecule has 0 radical (unpaired) electrons. The highest BCUT2D eigenvalue weighted by Gasteiger charge is 2.21. The molecule has 0 amide bonds. The van der Waals surface area contributed by atoms with Crippen LogP contribution in [0.5, 0.6) is 5.75 Å². The summed E-state index contributed by atoms with van der Waals surface area (Å²) >= 11 is 4.79. The number of aromatic nitrogens is 3. The molecule has 1 saturated heterocycles. The van der Waals surface area contributed by atoms with Crippen LogP contribution < -0.4 is 10.5 Å². The predicted octanol–water partition coefficient (Wildman–Crippen LogP) is 3.98. The molecule has 1 aliphatic heterocycles. The minimum Gasteiger partial charge on any atom is -0.501 e. The van der Waals surface area contributed by atoms with E-state index in [1.807, 2.05) is 6.07 Å². The third kappa shape index (κ3) is 4.82. The summed E-state index contributed by atoms with van der Waals surface area (Å²) in [5.41, 5.74) is 1.42. The van der Waals surface area contributed by atoms with Crippen LogP contribution in [0.3, 0.4) is 0 Å². The van der Waals surface area contributed by atoms with E-state index in [-0.39, 0.29) is 5.69 Å². The number of hydrogen-bond donors (Lipinski definition) is 1. The molecule has 3 aromatic heterocycles. The van der Waals surface area contributed by atoms with E-state index < -0.39 is 27.9 Å². The molecule has 4 heterocycles.